The normalized spacial score (nSPS) is 10.7. The van der Waals surface area contributed by atoms with Crippen LogP contribution in [0, 0.1) is 13.8 Å². The fourth-order valence-corrected chi connectivity index (χ4v) is 2.04. The Labute approximate surface area is 108 Å². The fourth-order valence-electron chi connectivity index (χ4n) is 2.04. The van der Waals surface area contributed by atoms with Gasteiger partial charge in [0, 0.05) is 30.7 Å². The molecule has 0 saturated carbocycles. The number of nitrogens with one attached hydrogen (secondary N) is 1. The highest BCUT2D eigenvalue weighted by Gasteiger charge is 2.05. The third-order valence-corrected chi connectivity index (χ3v) is 3.50. The van der Waals surface area contributed by atoms with Crippen LogP contribution < -0.4 is 5.32 Å². The fraction of sp³-hybridized carbons (Fsp3) is 0.333. The molecule has 0 aliphatic rings. The first-order chi connectivity index (χ1) is 8.61. The average Bonchev–Trinajstić information content (AvgIpc) is 2.64. The maximum atomic E-state index is 8.98. The van der Waals surface area contributed by atoms with Crippen molar-refractivity contribution in [1.82, 2.24) is 4.57 Å². The molecule has 0 bridgehead atoms. The maximum Gasteiger partial charge on any atom is 0.0681 e. The SMILES string of the molecule is Cc1cc(CNc2ccc(CO)cc2)c(C)n1C. The number of aliphatic hydroxyl groups excluding tert-OH is 1. The molecule has 0 spiro atoms. The zero-order chi connectivity index (χ0) is 13.1. The first-order valence-electron chi connectivity index (χ1n) is 6.17. The van der Waals surface area contributed by atoms with Gasteiger partial charge in [0.05, 0.1) is 6.61 Å². The number of hydrogen-bond donors (Lipinski definition) is 2. The van der Waals surface area contributed by atoms with E-state index >= 15 is 0 Å². The van der Waals surface area contributed by atoms with Crippen LogP contribution in [0.3, 0.4) is 0 Å². The van der Waals surface area contributed by atoms with E-state index in [9.17, 15) is 0 Å². The van der Waals surface area contributed by atoms with Crippen LogP contribution in [0.1, 0.15) is 22.5 Å². The van der Waals surface area contributed by atoms with Crippen molar-refractivity contribution in [2.45, 2.75) is 27.0 Å². The minimum Gasteiger partial charge on any atom is -0.392 e. The average molecular weight is 244 g/mol. The molecule has 1 heterocycles. The van der Waals surface area contributed by atoms with Gasteiger partial charge in [-0.3, -0.25) is 0 Å². The number of hydrogen-bond acceptors (Lipinski definition) is 2. The third-order valence-electron chi connectivity index (χ3n) is 3.50. The van der Waals surface area contributed by atoms with Gasteiger partial charge < -0.3 is 15.0 Å². The molecule has 2 rings (SSSR count). The van der Waals surface area contributed by atoms with E-state index in [0.717, 1.165) is 17.8 Å². The zero-order valence-electron chi connectivity index (χ0n) is 11.2. The van der Waals surface area contributed by atoms with Crippen LogP contribution >= 0.6 is 0 Å². The monoisotopic (exact) mass is 244 g/mol. The first-order valence-corrected chi connectivity index (χ1v) is 6.17. The number of aryl methyl sites for hydroxylation is 1. The van der Waals surface area contributed by atoms with Crippen LogP contribution in [-0.4, -0.2) is 9.67 Å². The Morgan fingerprint density at radius 2 is 1.83 bits per heavy atom. The van der Waals surface area contributed by atoms with E-state index in [1.165, 1.54) is 17.0 Å². The lowest BCUT2D eigenvalue weighted by Gasteiger charge is -2.07. The van der Waals surface area contributed by atoms with Gasteiger partial charge in [0.25, 0.3) is 0 Å². The molecule has 2 aromatic rings. The number of aliphatic hydroxyl groups is 1. The molecule has 3 heteroatoms. The predicted molar refractivity (Wildman–Crippen MR) is 74.6 cm³/mol. The molecule has 0 fully saturated rings. The van der Waals surface area contributed by atoms with Crippen LogP contribution in [0.2, 0.25) is 0 Å². The van der Waals surface area contributed by atoms with Crippen molar-refractivity contribution in [1.29, 1.82) is 0 Å². The van der Waals surface area contributed by atoms with E-state index in [1.54, 1.807) is 0 Å². The number of anilines is 1. The highest BCUT2D eigenvalue weighted by Crippen LogP contribution is 2.16. The van der Waals surface area contributed by atoms with Gasteiger partial charge in [0.2, 0.25) is 0 Å². The predicted octanol–water partition coefficient (Wildman–Crippen LogP) is 2.75. The maximum absolute atomic E-state index is 8.98. The van der Waals surface area contributed by atoms with Crippen molar-refractivity contribution in [2.24, 2.45) is 7.05 Å². The summed E-state index contributed by atoms with van der Waals surface area (Å²) in [6, 6.07) is 10.1. The van der Waals surface area contributed by atoms with Crippen molar-refractivity contribution >= 4 is 5.69 Å². The summed E-state index contributed by atoms with van der Waals surface area (Å²) in [6.07, 6.45) is 0. The van der Waals surface area contributed by atoms with Gasteiger partial charge in [-0.1, -0.05) is 12.1 Å². The summed E-state index contributed by atoms with van der Waals surface area (Å²) in [4.78, 5) is 0. The van der Waals surface area contributed by atoms with Gasteiger partial charge >= 0.3 is 0 Å². The quantitative estimate of drug-likeness (QED) is 0.867. The molecule has 18 heavy (non-hydrogen) atoms. The highest BCUT2D eigenvalue weighted by molar-refractivity contribution is 5.45. The molecule has 0 atom stereocenters. The first kappa shape index (κ1) is 12.7. The van der Waals surface area contributed by atoms with Gasteiger partial charge in [-0.05, 0) is 43.2 Å². The number of nitrogens with zero attached hydrogens (tertiary/aromatic N) is 1. The Morgan fingerprint density at radius 3 is 2.33 bits per heavy atom. The highest BCUT2D eigenvalue weighted by atomic mass is 16.3. The molecule has 0 aliphatic heterocycles. The zero-order valence-corrected chi connectivity index (χ0v) is 11.2. The Morgan fingerprint density at radius 1 is 1.17 bits per heavy atom. The second-order valence-corrected chi connectivity index (χ2v) is 4.66. The standard InChI is InChI=1S/C15H20N2O/c1-11-8-14(12(2)17(11)3)9-16-15-6-4-13(10-18)5-7-15/h4-8,16,18H,9-10H2,1-3H3. The van der Waals surface area contributed by atoms with Gasteiger partial charge in [-0.25, -0.2) is 0 Å². The van der Waals surface area contributed by atoms with Crippen LogP contribution in [0.5, 0.6) is 0 Å². The molecule has 0 radical (unpaired) electrons. The van der Waals surface area contributed by atoms with Gasteiger partial charge in [0.15, 0.2) is 0 Å². The minimum absolute atomic E-state index is 0.0945. The van der Waals surface area contributed by atoms with Crippen molar-refractivity contribution in [2.75, 3.05) is 5.32 Å². The summed E-state index contributed by atoms with van der Waals surface area (Å²) in [5, 5.41) is 12.4. The lowest BCUT2D eigenvalue weighted by molar-refractivity contribution is 0.282. The Balaban J connectivity index is 2.04. The van der Waals surface area contributed by atoms with Crippen molar-refractivity contribution in [3.05, 3.63) is 52.8 Å². The van der Waals surface area contributed by atoms with Crippen LogP contribution in [0.4, 0.5) is 5.69 Å². The molecule has 2 N–H and O–H groups in total. The van der Waals surface area contributed by atoms with Crippen molar-refractivity contribution < 1.29 is 5.11 Å². The molecule has 96 valence electrons. The van der Waals surface area contributed by atoms with Crippen LogP contribution in [0.25, 0.3) is 0 Å². The number of rotatable bonds is 4. The van der Waals surface area contributed by atoms with Crippen LogP contribution in [-0.2, 0) is 20.2 Å². The molecule has 0 unspecified atom stereocenters. The minimum atomic E-state index is 0.0945. The summed E-state index contributed by atoms with van der Waals surface area (Å²) in [5.74, 6) is 0. The summed E-state index contributed by atoms with van der Waals surface area (Å²) < 4.78 is 2.20. The summed E-state index contributed by atoms with van der Waals surface area (Å²) in [5.41, 5.74) is 5.91. The Hall–Kier alpha value is -1.74. The van der Waals surface area contributed by atoms with Crippen molar-refractivity contribution in [3.8, 4) is 0 Å². The van der Waals surface area contributed by atoms with Gasteiger partial charge in [-0.15, -0.1) is 0 Å². The third kappa shape index (κ3) is 2.57. The van der Waals surface area contributed by atoms with E-state index < -0.39 is 0 Å². The molecule has 3 nitrogen and oxygen atoms in total. The molecule has 1 aromatic carbocycles. The molecular weight excluding hydrogens is 224 g/mol. The molecular formula is C15H20N2O. The van der Waals surface area contributed by atoms with E-state index in [-0.39, 0.29) is 6.61 Å². The molecule has 0 aliphatic carbocycles. The molecule has 0 saturated heterocycles. The summed E-state index contributed by atoms with van der Waals surface area (Å²) >= 11 is 0. The molecule has 0 amide bonds. The summed E-state index contributed by atoms with van der Waals surface area (Å²) in [7, 11) is 2.09. The number of aromatic nitrogens is 1. The molecule has 1 aromatic heterocycles. The topological polar surface area (TPSA) is 37.2 Å². The van der Waals surface area contributed by atoms with Gasteiger partial charge in [0.1, 0.15) is 0 Å². The summed E-state index contributed by atoms with van der Waals surface area (Å²) in [6.45, 7) is 5.18. The van der Waals surface area contributed by atoms with Crippen molar-refractivity contribution in [3.63, 3.8) is 0 Å². The largest absolute Gasteiger partial charge is 0.392 e. The lowest BCUT2D eigenvalue weighted by Crippen LogP contribution is -2.01. The Kier molecular flexibility index (Phi) is 3.72. The second-order valence-electron chi connectivity index (χ2n) is 4.66. The second kappa shape index (κ2) is 5.27. The Bertz CT molecular complexity index is 526. The van der Waals surface area contributed by atoms with E-state index in [4.69, 9.17) is 5.11 Å². The smallest absolute Gasteiger partial charge is 0.0681 e. The lowest BCUT2D eigenvalue weighted by atomic mass is 10.2. The van der Waals surface area contributed by atoms with Gasteiger partial charge in [-0.2, -0.15) is 0 Å². The number of benzene rings is 1. The van der Waals surface area contributed by atoms with E-state index in [2.05, 4.69) is 36.8 Å². The van der Waals surface area contributed by atoms with Crippen LogP contribution in [0.15, 0.2) is 30.3 Å². The van der Waals surface area contributed by atoms with E-state index in [1.807, 2.05) is 24.3 Å². The van der Waals surface area contributed by atoms with E-state index in [0.29, 0.717) is 0 Å².